The highest BCUT2D eigenvalue weighted by Crippen LogP contribution is 2.40. The third-order valence-corrected chi connectivity index (χ3v) is 6.49. The summed E-state index contributed by atoms with van der Waals surface area (Å²) >= 11 is 12.3. The van der Waals surface area contributed by atoms with Gasteiger partial charge in [0.05, 0.1) is 29.2 Å². The van der Waals surface area contributed by atoms with Crippen molar-refractivity contribution in [1.29, 1.82) is 0 Å². The number of carbonyl (C=O) groups is 2. The van der Waals surface area contributed by atoms with E-state index in [0.29, 0.717) is 16.9 Å². The molecule has 36 heavy (non-hydrogen) atoms. The fourth-order valence-electron chi connectivity index (χ4n) is 4.04. The van der Waals surface area contributed by atoms with Gasteiger partial charge in [-0.1, -0.05) is 47.5 Å². The van der Waals surface area contributed by atoms with Crippen LogP contribution in [0.25, 0.3) is 0 Å². The van der Waals surface area contributed by atoms with Gasteiger partial charge in [0.15, 0.2) is 0 Å². The topological polar surface area (TPSA) is 90.3 Å². The number of nitrogens with zero attached hydrogens (tertiary/aromatic N) is 2. The molecule has 0 aromatic heterocycles. The second-order valence-corrected chi connectivity index (χ2v) is 9.02. The number of rotatable bonds is 11. The second-order valence-electron chi connectivity index (χ2n) is 8.21. The zero-order chi connectivity index (χ0) is 27.1. The van der Waals surface area contributed by atoms with Gasteiger partial charge in [-0.15, -0.1) is 0 Å². The van der Waals surface area contributed by atoms with Crippen molar-refractivity contribution in [3.05, 3.63) is 63.6 Å². The van der Waals surface area contributed by atoms with Gasteiger partial charge in [0, 0.05) is 25.8 Å². The van der Waals surface area contributed by atoms with E-state index in [2.05, 4.69) is 0 Å². The fourth-order valence-corrected chi connectivity index (χ4v) is 4.34. The molecule has 2 N–H and O–H groups in total. The zero-order valence-electron chi connectivity index (χ0n) is 19.7. The van der Waals surface area contributed by atoms with Gasteiger partial charge in [0.25, 0.3) is 0 Å². The normalized spacial score (nSPS) is 13.1. The molecule has 0 radical (unpaired) electrons. The molecule has 0 aliphatic carbocycles. The molecule has 2 rings (SSSR count). The lowest BCUT2D eigenvalue weighted by Gasteiger charge is -2.45. The molecule has 1 atom stereocenters. The van der Waals surface area contributed by atoms with Crippen molar-refractivity contribution in [3.8, 4) is 5.75 Å². The third kappa shape index (κ3) is 7.41. The van der Waals surface area contributed by atoms with Gasteiger partial charge < -0.3 is 19.8 Å². The Morgan fingerprint density at radius 2 is 1.75 bits per heavy atom. The maximum Gasteiger partial charge on any atom is 0.408 e. The second kappa shape index (κ2) is 12.5. The highest BCUT2D eigenvalue weighted by molar-refractivity contribution is 6.42. The first-order valence-corrected chi connectivity index (χ1v) is 11.6. The molecular formula is C24H27Cl2F3N2O5. The number of para-hydroxylation sites is 1. The Kier molecular flexibility index (Phi) is 10.3. The van der Waals surface area contributed by atoms with Crippen molar-refractivity contribution >= 4 is 35.2 Å². The van der Waals surface area contributed by atoms with Gasteiger partial charge in [-0.05, 0) is 36.6 Å². The van der Waals surface area contributed by atoms with Gasteiger partial charge >= 0.3 is 12.3 Å². The number of halogens is 5. The standard InChI is InChI=1S/C24H27Cl2F3N2O5/c1-30(21(33)13-24(27,28)29)15-23(10-5-11-32,17-8-9-18(25)19(26)12-17)31(22(34)35)14-16-6-3-4-7-20(16)36-2/h3-4,6-9,12,32H,5,10-11,13-15H2,1-2H3,(H,34,35)/t23-/m1/s1. The van der Waals surface area contributed by atoms with Crippen LogP contribution in [0.5, 0.6) is 5.75 Å². The maximum atomic E-state index is 12.9. The average molecular weight is 551 g/mol. The lowest BCUT2D eigenvalue weighted by atomic mass is 9.82. The molecule has 0 unspecified atom stereocenters. The van der Waals surface area contributed by atoms with Gasteiger partial charge in [-0.2, -0.15) is 13.2 Å². The van der Waals surface area contributed by atoms with Crippen LogP contribution in [0, 0.1) is 0 Å². The molecule has 12 heteroatoms. The Balaban J connectivity index is 2.71. The van der Waals surface area contributed by atoms with Crippen LogP contribution in [0.15, 0.2) is 42.5 Å². The van der Waals surface area contributed by atoms with Crippen molar-refractivity contribution in [1.82, 2.24) is 9.80 Å². The highest BCUT2D eigenvalue weighted by atomic mass is 35.5. The summed E-state index contributed by atoms with van der Waals surface area (Å²) in [5.74, 6) is -0.839. The zero-order valence-corrected chi connectivity index (χ0v) is 21.2. The number of likely N-dealkylation sites (N-methyl/N-ethyl adjacent to an activating group) is 1. The molecule has 0 spiro atoms. The molecular weight excluding hydrogens is 524 g/mol. The van der Waals surface area contributed by atoms with E-state index in [-0.39, 0.29) is 36.0 Å². The summed E-state index contributed by atoms with van der Waals surface area (Å²) in [6.45, 7) is -1.00. The van der Waals surface area contributed by atoms with E-state index in [1.807, 2.05) is 0 Å². The third-order valence-electron chi connectivity index (χ3n) is 5.75. The van der Waals surface area contributed by atoms with Crippen molar-refractivity contribution in [3.63, 3.8) is 0 Å². The quantitative estimate of drug-likeness (QED) is 0.382. The van der Waals surface area contributed by atoms with Crippen LogP contribution < -0.4 is 4.74 Å². The summed E-state index contributed by atoms with van der Waals surface area (Å²) in [6, 6.07) is 11.0. The number of aliphatic hydroxyl groups is 1. The molecule has 0 saturated heterocycles. The van der Waals surface area contributed by atoms with Gasteiger partial charge in [-0.3, -0.25) is 9.69 Å². The Labute approximate surface area is 217 Å². The lowest BCUT2D eigenvalue weighted by Crippen LogP contribution is -2.55. The minimum Gasteiger partial charge on any atom is -0.496 e. The highest BCUT2D eigenvalue weighted by Gasteiger charge is 2.44. The number of benzene rings is 2. The molecule has 0 saturated carbocycles. The fraction of sp³-hybridized carbons (Fsp3) is 0.417. The van der Waals surface area contributed by atoms with E-state index in [9.17, 15) is 33.0 Å². The van der Waals surface area contributed by atoms with Crippen molar-refractivity contribution in [2.75, 3.05) is 27.3 Å². The first-order valence-electron chi connectivity index (χ1n) is 10.8. The minimum atomic E-state index is -4.74. The van der Waals surface area contributed by atoms with E-state index in [0.717, 1.165) is 9.80 Å². The number of hydrogen-bond acceptors (Lipinski definition) is 4. The molecule has 2 aromatic carbocycles. The average Bonchev–Trinajstić information content (AvgIpc) is 2.81. The molecule has 0 aliphatic rings. The van der Waals surface area contributed by atoms with Crippen LogP contribution in [0.3, 0.4) is 0 Å². The van der Waals surface area contributed by atoms with Gasteiger partial charge in [0.1, 0.15) is 12.2 Å². The molecule has 2 aromatic rings. The number of alkyl halides is 3. The summed E-state index contributed by atoms with van der Waals surface area (Å²) in [5.41, 5.74) is -0.811. The van der Waals surface area contributed by atoms with Crippen LogP contribution in [0.2, 0.25) is 10.0 Å². The molecule has 7 nitrogen and oxygen atoms in total. The Morgan fingerprint density at radius 1 is 1.08 bits per heavy atom. The molecule has 0 fully saturated rings. The molecule has 0 heterocycles. The summed E-state index contributed by atoms with van der Waals surface area (Å²) in [6.07, 6.45) is -7.81. The Bertz CT molecular complexity index is 1070. The number of aliphatic hydroxyl groups excluding tert-OH is 1. The Hall–Kier alpha value is -2.69. The number of amides is 2. The largest absolute Gasteiger partial charge is 0.496 e. The maximum absolute atomic E-state index is 12.9. The molecule has 0 bridgehead atoms. The predicted octanol–water partition coefficient (Wildman–Crippen LogP) is 5.56. The lowest BCUT2D eigenvalue weighted by molar-refractivity contribution is -0.161. The first-order chi connectivity index (χ1) is 16.8. The number of methoxy groups -OCH3 is 1. The van der Waals surface area contributed by atoms with Gasteiger partial charge in [0.2, 0.25) is 5.91 Å². The molecule has 198 valence electrons. The van der Waals surface area contributed by atoms with Crippen LogP contribution in [0.4, 0.5) is 18.0 Å². The number of carbonyl (C=O) groups excluding carboxylic acids is 1. The van der Waals surface area contributed by atoms with E-state index in [1.165, 1.54) is 32.4 Å². The summed E-state index contributed by atoms with van der Waals surface area (Å²) in [5, 5.41) is 20.2. The monoisotopic (exact) mass is 550 g/mol. The molecule has 0 aliphatic heterocycles. The first kappa shape index (κ1) is 29.5. The van der Waals surface area contributed by atoms with E-state index >= 15 is 0 Å². The minimum absolute atomic E-state index is 0.0352. The summed E-state index contributed by atoms with van der Waals surface area (Å²) < 4.78 is 44.2. The predicted molar refractivity (Wildman–Crippen MR) is 129 cm³/mol. The SMILES string of the molecule is COc1ccccc1CN(C(=O)O)[C@](CCCO)(CN(C)C(=O)CC(F)(F)F)c1ccc(Cl)c(Cl)c1. The van der Waals surface area contributed by atoms with Crippen LogP contribution in [-0.2, 0) is 16.9 Å². The number of hydrogen-bond donors (Lipinski definition) is 2. The van der Waals surface area contributed by atoms with Crippen molar-refractivity contribution in [2.24, 2.45) is 0 Å². The van der Waals surface area contributed by atoms with Crippen LogP contribution in [-0.4, -0.2) is 65.5 Å². The number of carboxylic acid groups (broad SMARTS) is 1. The van der Waals surface area contributed by atoms with E-state index in [4.69, 9.17) is 27.9 Å². The van der Waals surface area contributed by atoms with Crippen molar-refractivity contribution in [2.45, 2.75) is 37.5 Å². The van der Waals surface area contributed by atoms with Crippen LogP contribution in [0.1, 0.15) is 30.4 Å². The smallest absolute Gasteiger partial charge is 0.408 e. The van der Waals surface area contributed by atoms with Crippen molar-refractivity contribution < 1.29 is 37.7 Å². The summed E-state index contributed by atoms with van der Waals surface area (Å²) in [4.78, 5) is 27.0. The number of ether oxygens (including phenoxy) is 1. The van der Waals surface area contributed by atoms with Crippen LogP contribution >= 0.6 is 23.2 Å². The van der Waals surface area contributed by atoms with Gasteiger partial charge in [-0.25, -0.2) is 4.79 Å². The summed E-state index contributed by atoms with van der Waals surface area (Å²) in [7, 11) is 2.59. The van der Waals surface area contributed by atoms with E-state index in [1.54, 1.807) is 24.3 Å². The Morgan fingerprint density at radius 3 is 2.31 bits per heavy atom. The molecule has 2 amide bonds. The van der Waals surface area contributed by atoms with E-state index < -0.39 is 36.7 Å².